The SMILES string of the molecule is CCc1ccc(S(=O)(=O)Nc2ccc(-c3nc[nH]c3C)cc2)s1. The molecule has 5 nitrogen and oxygen atoms in total. The van der Waals surface area contributed by atoms with Gasteiger partial charge in [-0.05, 0) is 37.6 Å². The number of benzene rings is 1. The van der Waals surface area contributed by atoms with Gasteiger partial charge < -0.3 is 4.98 Å². The van der Waals surface area contributed by atoms with Crippen LogP contribution < -0.4 is 4.72 Å². The van der Waals surface area contributed by atoms with Gasteiger partial charge in [-0.1, -0.05) is 19.1 Å². The Kier molecular flexibility index (Phi) is 4.23. The molecule has 23 heavy (non-hydrogen) atoms. The third kappa shape index (κ3) is 3.30. The molecule has 7 heteroatoms. The summed E-state index contributed by atoms with van der Waals surface area (Å²) in [6.45, 7) is 3.95. The van der Waals surface area contributed by atoms with Crippen molar-refractivity contribution in [1.29, 1.82) is 0 Å². The highest BCUT2D eigenvalue weighted by Gasteiger charge is 2.16. The fraction of sp³-hybridized carbons (Fsp3) is 0.188. The molecule has 0 aliphatic carbocycles. The highest BCUT2D eigenvalue weighted by atomic mass is 32.2. The maximum absolute atomic E-state index is 12.4. The largest absolute Gasteiger partial charge is 0.348 e. The minimum atomic E-state index is -3.53. The summed E-state index contributed by atoms with van der Waals surface area (Å²) >= 11 is 1.30. The zero-order chi connectivity index (χ0) is 16.4. The molecule has 0 spiro atoms. The Bertz CT molecular complexity index is 909. The van der Waals surface area contributed by atoms with Crippen LogP contribution in [0.5, 0.6) is 0 Å². The van der Waals surface area contributed by atoms with Gasteiger partial charge in [0.2, 0.25) is 0 Å². The first-order chi connectivity index (χ1) is 11.0. The quantitative estimate of drug-likeness (QED) is 0.737. The Morgan fingerprint density at radius 3 is 2.48 bits per heavy atom. The predicted molar refractivity (Wildman–Crippen MR) is 93.3 cm³/mol. The van der Waals surface area contributed by atoms with E-state index in [0.29, 0.717) is 9.90 Å². The number of hydrogen-bond donors (Lipinski definition) is 2. The van der Waals surface area contributed by atoms with Crippen molar-refractivity contribution in [3.05, 3.63) is 53.3 Å². The van der Waals surface area contributed by atoms with E-state index >= 15 is 0 Å². The summed E-state index contributed by atoms with van der Waals surface area (Å²) in [5.41, 5.74) is 3.32. The molecule has 120 valence electrons. The molecule has 0 amide bonds. The van der Waals surface area contributed by atoms with Gasteiger partial charge in [0.15, 0.2) is 0 Å². The van der Waals surface area contributed by atoms with Gasteiger partial charge in [0, 0.05) is 21.8 Å². The van der Waals surface area contributed by atoms with Gasteiger partial charge in [-0.15, -0.1) is 11.3 Å². The minimum Gasteiger partial charge on any atom is -0.348 e. The summed E-state index contributed by atoms with van der Waals surface area (Å²) in [5, 5.41) is 0. The first-order valence-electron chi connectivity index (χ1n) is 7.21. The molecule has 0 saturated heterocycles. The lowest BCUT2D eigenvalue weighted by molar-refractivity contribution is 0.603. The van der Waals surface area contributed by atoms with E-state index < -0.39 is 10.0 Å². The monoisotopic (exact) mass is 347 g/mol. The highest BCUT2D eigenvalue weighted by Crippen LogP contribution is 2.26. The molecule has 2 aromatic heterocycles. The number of imidazole rings is 1. The lowest BCUT2D eigenvalue weighted by Crippen LogP contribution is -2.11. The predicted octanol–water partition coefficient (Wildman–Crippen LogP) is 3.81. The van der Waals surface area contributed by atoms with Gasteiger partial charge >= 0.3 is 0 Å². The maximum atomic E-state index is 12.4. The molecular formula is C16H17N3O2S2. The van der Waals surface area contributed by atoms with Crippen LogP contribution in [-0.4, -0.2) is 18.4 Å². The number of rotatable bonds is 5. The average Bonchev–Trinajstić information content (AvgIpc) is 3.17. The number of sulfonamides is 1. The number of aromatic amines is 1. The smallest absolute Gasteiger partial charge is 0.271 e. The van der Waals surface area contributed by atoms with Gasteiger partial charge in [0.1, 0.15) is 4.21 Å². The summed E-state index contributed by atoms with van der Waals surface area (Å²) in [4.78, 5) is 8.34. The minimum absolute atomic E-state index is 0.335. The number of aryl methyl sites for hydroxylation is 2. The van der Waals surface area contributed by atoms with Gasteiger partial charge in [0.25, 0.3) is 10.0 Å². The number of thiophene rings is 1. The molecule has 0 radical (unpaired) electrons. The van der Waals surface area contributed by atoms with Crippen LogP contribution in [0.25, 0.3) is 11.3 Å². The molecule has 3 rings (SSSR count). The van der Waals surface area contributed by atoms with Crippen LogP contribution in [0.2, 0.25) is 0 Å². The second kappa shape index (κ2) is 6.17. The molecule has 0 aliphatic heterocycles. The van der Waals surface area contributed by atoms with E-state index in [2.05, 4.69) is 14.7 Å². The lowest BCUT2D eigenvalue weighted by atomic mass is 10.1. The van der Waals surface area contributed by atoms with Crippen molar-refractivity contribution in [2.45, 2.75) is 24.5 Å². The summed E-state index contributed by atoms with van der Waals surface area (Å²) in [6, 6.07) is 10.7. The second-order valence-electron chi connectivity index (χ2n) is 5.13. The van der Waals surface area contributed by atoms with Crippen LogP contribution in [-0.2, 0) is 16.4 Å². The molecule has 0 atom stereocenters. The molecule has 0 fully saturated rings. The summed E-state index contributed by atoms with van der Waals surface area (Å²) < 4.78 is 27.7. The van der Waals surface area contributed by atoms with E-state index in [1.54, 1.807) is 24.5 Å². The van der Waals surface area contributed by atoms with Gasteiger partial charge in [-0.3, -0.25) is 4.72 Å². The van der Waals surface area contributed by atoms with Crippen molar-refractivity contribution in [3.63, 3.8) is 0 Å². The standard InChI is InChI=1S/C16H17N3O2S2/c1-3-14-8-9-15(22-14)23(20,21)19-13-6-4-12(5-7-13)16-11(2)17-10-18-16/h4-10,19H,3H2,1-2H3,(H,17,18). The average molecular weight is 347 g/mol. The molecular weight excluding hydrogens is 330 g/mol. The topological polar surface area (TPSA) is 74.8 Å². The van der Waals surface area contributed by atoms with Gasteiger partial charge in [-0.2, -0.15) is 0 Å². The molecule has 0 saturated carbocycles. The van der Waals surface area contributed by atoms with Crippen molar-refractivity contribution in [2.75, 3.05) is 4.72 Å². The van der Waals surface area contributed by atoms with E-state index in [1.807, 2.05) is 32.0 Å². The summed E-state index contributed by atoms with van der Waals surface area (Å²) in [7, 11) is -3.53. The molecule has 1 aromatic carbocycles. The molecule has 0 bridgehead atoms. The molecule has 3 aromatic rings. The Labute approximate surface area is 139 Å². The van der Waals surface area contributed by atoms with Gasteiger partial charge in [-0.25, -0.2) is 13.4 Å². The van der Waals surface area contributed by atoms with Crippen molar-refractivity contribution >= 4 is 27.0 Å². The van der Waals surface area contributed by atoms with Crippen LogP contribution >= 0.6 is 11.3 Å². The third-order valence-corrected chi connectivity index (χ3v) is 6.59. The van der Waals surface area contributed by atoms with Crippen LogP contribution in [0.15, 0.2) is 46.9 Å². The Balaban J connectivity index is 1.81. The van der Waals surface area contributed by atoms with E-state index in [9.17, 15) is 8.42 Å². The summed E-state index contributed by atoms with van der Waals surface area (Å²) in [6.07, 6.45) is 2.47. The maximum Gasteiger partial charge on any atom is 0.271 e. The first-order valence-corrected chi connectivity index (χ1v) is 9.51. The van der Waals surface area contributed by atoms with E-state index in [1.165, 1.54) is 11.3 Å². The zero-order valence-electron chi connectivity index (χ0n) is 12.8. The number of nitrogens with one attached hydrogen (secondary N) is 2. The van der Waals surface area contributed by atoms with Crippen LogP contribution in [0.1, 0.15) is 17.5 Å². The molecule has 2 N–H and O–H groups in total. The zero-order valence-corrected chi connectivity index (χ0v) is 14.5. The number of aromatic nitrogens is 2. The van der Waals surface area contributed by atoms with E-state index in [0.717, 1.165) is 28.2 Å². The second-order valence-corrected chi connectivity index (χ2v) is 8.21. The number of H-pyrrole nitrogens is 1. The lowest BCUT2D eigenvalue weighted by Gasteiger charge is -2.07. The Morgan fingerprint density at radius 2 is 1.91 bits per heavy atom. The Hall–Kier alpha value is -2.12. The van der Waals surface area contributed by atoms with E-state index in [4.69, 9.17) is 0 Å². The van der Waals surface area contributed by atoms with Crippen LogP contribution in [0.4, 0.5) is 5.69 Å². The summed E-state index contributed by atoms with van der Waals surface area (Å²) in [5.74, 6) is 0. The van der Waals surface area contributed by atoms with E-state index in [-0.39, 0.29) is 0 Å². The fourth-order valence-electron chi connectivity index (χ4n) is 2.24. The number of nitrogens with zero attached hydrogens (tertiary/aromatic N) is 1. The highest BCUT2D eigenvalue weighted by molar-refractivity contribution is 7.94. The van der Waals surface area contributed by atoms with Crippen molar-refractivity contribution in [3.8, 4) is 11.3 Å². The first kappa shape index (κ1) is 15.8. The molecule has 2 heterocycles. The number of hydrogen-bond acceptors (Lipinski definition) is 4. The molecule has 0 aliphatic rings. The van der Waals surface area contributed by atoms with Crippen molar-refractivity contribution < 1.29 is 8.42 Å². The molecule has 0 unspecified atom stereocenters. The third-order valence-electron chi connectivity index (χ3n) is 3.49. The van der Waals surface area contributed by atoms with Crippen LogP contribution in [0, 0.1) is 6.92 Å². The van der Waals surface area contributed by atoms with Gasteiger partial charge in [0.05, 0.1) is 12.0 Å². The number of anilines is 1. The fourth-order valence-corrected chi connectivity index (χ4v) is 4.60. The van der Waals surface area contributed by atoms with Crippen molar-refractivity contribution in [1.82, 2.24) is 9.97 Å². The van der Waals surface area contributed by atoms with Crippen LogP contribution in [0.3, 0.4) is 0 Å². The normalized spacial score (nSPS) is 11.6. The van der Waals surface area contributed by atoms with Crippen molar-refractivity contribution in [2.24, 2.45) is 0 Å². The Morgan fingerprint density at radius 1 is 1.17 bits per heavy atom.